The van der Waals surface area contributed by atoms with Crippen LogP contribution >= 0.6 is 12.2 Å². The Bertz CT molecular complexity index is 421. The third-order valence-electron chi connectivity index (χ3n) is 1.88. The fourth-order valence-corrected chi connectivity index (χ4v) is 1.27. The second kappa shape index (κ2) is 6.70. The molecule has 0 amide bonds. The normalized spacial score (nSPS) is 10.2. The van der Waals surface area contributed by atoms with Gasteiger partial charge < -0.3 is 15.2 Å². The van der Waals surface area contributed by atoms with Crippen LogP contribution in [-0.4, -0.2) is 25.0 Å². The van der Waals surface area contributed by atoms with Crippen LogP contribution < -0.4 is 20.6 Å². The zero-order valence-corrected chi connectivity index (χ0v) is 10.6. The van der Waals surface area contributed by atoms with Crippen molar-refractivity contribution in [1.29, 1.82) is 0 Å². The van der Waals surface area contributed by atoms with Gasteiger partial charge in [-0.3, -0.25) is 5.43 Å². The Labute approximate surface area is 106 Å². The average Bonchev–Trinajstić information content (AvgIpc) is 2.29. The van der Waals surface area contributed by atoms with Crippen molar-refractivity contribution in [2.75, 3.05) is 13.7 Å². The molecule has 0 aliphatic heterocycles. The van der Waals surface area contributed by atoms with Crippen molar-refractivity contribution in [3.8, 4) is 11.5 Å². The van der Waals surface area contributed by atoms with Gasteiger partial charge in [0.15, 0.2) is 16.6 Å². The van der Waals surface area contributed by atoms with E-state index in [0.717, 1.165) is 5.56 Å². The molecule has 3 N–H and O–H groups in total. The summed E-state index contributed by atoms with van der Waals surface area (Å²) in [5.74, 6) is 1.36. The number of hydrazone groups is 1. The van der Waals surface area contributed by atoms with Crippen LogP contribution in [0.15, 0.2) is 23.3 Å². The van der Waals surface area contributed by atoms with E-state index < -0.39 is 0 Å². The maximum absolute atomic E-state index is 5.44. The van der Waals surface area contributed by atoms with Gasteiger partial charge in [0.25, 0.3) is 0 Å². The SMILES string of the molecule is CCOc1cc(C=NNC(N)=S)ccc1OC. The molecule has 1 aromatic rings. The molecule has 0 bridgehead atoms. The number of rotatable bonds is 5. The average molecular weight is 253 g/mol. The zero-order valence-electron chi connectivity index (χ0n) is 9.77. The van der Waals surface area contributed by atoms with E-state index in [0.29, 0.717) is 18.1 Å². The molecule has 0 atom stereocenters. The lowest BCUT2D eigenvalue weighted by Gasteiger charge is -2.09. The molecule has 17 heavy (non-hydrogen) atoms. The molecule has 0 saturated carbocycles. The molecule has 0 saturated heterocycles. The topological polar surface area (TPSA) is 68.9 Å². The van der Waals surface area contributed by atoms with Gasteiger partial charge in [-0.1, -0.05) is 0 Å². The molecule has 0 aromatic heterocycles. The first kappa shape index (κ1) is 13.2. The summed E-state index contributed by atoms with van der Waals surface area (Å²) in [4.78, 5) is 0. The van der Waals surface area contributed by atoms with Gasteiger partial charge in [-0.15, -0.1) is 0 Å². The fourth-order valence-electron chi connectivity index (χ4n) is 1.21. The van der Waals surface area contributed by atoms with Gasteiger partial charge in [0, 0.05) is 0 Å². The summed E-state index contributed by atoms with van der Waals surface area (Å²) < 4.78 is 10.6. The van der Waals surface area contributed by atoms with Crippen molar-refractivity contribution in [3.05, 3.63) is 23.8 Å². The maximum atomic E-state index is 5.44. The summed E-state index contributed by atoms with van der Waals surface area (Å²) in [6.07, 6.45) is 1.60. The highest BCUT2D eigenvalue weighted by atomic mass is 32.1. The number of ether oxygens (including phenoxy) is 2. The smallest absolute Gasteiger partial charge is 0.184 e. The van der Waals surface area contributed by atoms with Crippen molar-refractivity contribution >= 4 is 23.5 Å². The Kier molecular flexibility index (Phi) is 5.22. The van der Waals surface area contributed by atoms with Crippen molar-refractivity contribution < 1.29 is 9.47 Å². The van der Waals surface area contributed by atoms with Crippen molar-refractivity contribution in [1.82, 2.24) is 5.43 Å². The van der Waals surface area contributed by atoms with Crippen molar-refractivity contribution in [3.63, 3.8) is 0 Å². The van der Waals surface area contributed by atoms with Crippen LogP contribution in [0, 0.1) is 0 Å². The van der Waals surface area contributed by atoms with E-state index in [9.17, 15) is 0 Å². The minimum absolute atomic E-state index is 0.125. The lowest BCUT2D eigenvalue weighted by molar-refractivity contribution is 0.311. The number of thiocarbonyl (C=S) groups is 1. The molecular formula is C11H15N3O2S. The van der Waals surface area contributed by atoms with Crippen LogP contribution in [0.2, 0.25) is 0 Å². The number of hydrogen-bond donors (Lipinski definition) is 2. The summed E-state index contributed by atoms with van der Waals surface area (Å²) in [6.45, 7) is 2.48. The molecule has 92 valence electrons. The molecule has 5 nitrogen and oxygen atoms in total. The third kappa shape index (κ3) is 4.28. The summed E-state index contributed by atoms with van der Waals surface area (Å²) in [5.41, 5.74) is 8.58. The van der Waals surface area contributed by atoms with Gasteiger partial charge >= 0.3 is 0 Å². The van der Waals surface area contributed by atoms with E-state index in [1.165, 1.54) is 0 Å². The van der Waals surface area contributed by atoms with E-state index in [-0.39, 0.29) is 5.11 Å². The number of nitrogens with zero attached hydrogens (tertiary/aromatic N) is 1. The van der Waals surface area contributed by atoms with E-state index in [1.807, 2.05) is 25.1 Å². The Morgan fingerprint density at radius 1 is 1.53 bits per heavy atom. The van der Waals surface area contributed by atoms with E-state index in [4.69, 9.17) is 15.2 Å². The Morgan fingerprint density at radius 2 is 2.29 bits per heavy atom. The summed E-state index contributed by atoms with van der Waals surface area (Å²) in [5, 5.41) is 3.99. The van der Waals surface area contributed by atoms with Gasteiger partial charge in [-0.05, 0) is 42.9 Å². The summed E-state index contributed by atoms with van der Waals surface area (Å²) in [6, 6.07) is 5.49. The second-order valence-electron chi connectivity index (χ2n) is 3.08. The molecule has 6 heteroatoms. The molecule has 0 heterocycles. The first-order chi connectivity index (χ1) is 8.17. The molecule has 0 aliphatic carbocycles. The Morgan fingerprint density at radius 3 is 2.88 bits per heavy atom. The van der Waals surface area contributed by atoms with Crippen LogP contribution in [0.5, 0.6) is 11.5 Å². The van der Waals surface area contributed by atoms with Gasteiger partial charge in [-0.2, -0.15) is 5.10 Å². The van der Waals surface area contributed by atoms with Crippen LogP contribution in [0.1, 0.15) is 12.5 Å². The minimum atomic E-state index is 0.125. The molecule has 0 fully saturated rings. The molecule has 0 spiro atoms. The van der Waals surface area contributed by atoms with E-state index in [2.05, 4.69) is 22.7 Å². The fraction of sp³-hybridized carbons (Fsp3) is 0.273. The highest BCUT2D eigenvalue weighted by Gasteiger charge is 2.03. The summed E-state index contributed by atoms with van der Waals surface area (Å²) in [7, 11) is 1.60. The largest absolute Gasteiger partial charge is 0.493 e. The van der Waals surface area contributed by atoms with Gasteiger partial charge in [0.1, 0.15) is 0 Å². The molecule has 0 radical (unpaired) electrons. The third-order valence-corrected chi connectivity index (χ3v) is 1.97. The van der Waals surface area contributed by atoms with Gasteiger partial charge in [0.2, 0.25) is 0 Å². The lowest BCUT2D eigenvalue weighted by Crippen LogP contribution is -2.23. The number of nitrogens with two attached hydrogens (primary N) is 1. The predicted molar refractivity (Wildman–Crippen MR) is 71.7 cm³/mol. The van der Waals surface area contributed by atoms with Crippen LogP contribution in [0.25, 0.3) is 0 Å². The quantitative estimate of drug-likeness (QED) is 0.470. The summed E-state index contributed by atoms with van der Waals surface area (Å²) >= 11 is 4.63. The predicted octanol–water partition coefficient (Wildman–Crippen LogP) is 1.26. The first-order valence-corrected chi connectivity index (χ1v) is 5.47. The van der Waals surface area contributed by atoms with Gasteiger partial charge in [-0.25, -0.2) is 0 Å². The monoisotopic (exact) mass is 253 g/mol. The lowest BCUT2D eigenvalue weighted by atomic mass is 10.2. The second-order valence-corrected chi connectivity index (χ2v) is 3.52. The first-order valence-electron chi connectivity index (χ1n) is 5.06. The number of benzene rings is 1. The standard InChI is InChI=1S/C11H15N3O2S/c1-3-16-10-6-8(4-5-9(10)15-2)7-13-14-11(12)17/h4-7H,3H2,1-2H3,(H3,12,14,17). The zero-order chi connectivity index (χ0) is 12.7. The molecule has 0 aliphatic rings. The van der Waals surface area contributed by atoms with E-state index in [1.54, 1.807) is 13.3 Å². The molecule has 1 rings (SSSR count). The van der Waals surface area contributed by atoms with Crippen LogP contribution in [-0.2, 0) is 0 Å². The van der Waals surface area contributed by atoms with E-state index >= 15 is 0 Å². The molecule has 1 aromatic carbocycles. The van der Waals surface area contributed by atoms with Crippen molar-refractivity contribution in [2.24, 2.45) is 10.8 Å². The van der Waals surface area contributed by atoms with Crippen LogP contribution in [0.4, 0.5) is 0 Å². The minimum Gasteiger partial charge on any atom is -0.493 e. The van der Waals surface area contributed by atoms with Crippen LogP contribution in [0.3, 0.4) is 0 Å². The highest BCUT2D eigenvalue weighted by Crippen LogP contribution is 2.27. The Balaban J connectivity index is 2.84. The highest BCUT2D eigenvalue weighted by molar-refractivity contribution is 7.80. The molecular weight excluding hydrogens is 238 g/mol. The number of methoxy groups -OCH3 is 1. The number of nitrogens with one attached hydrogen (secondary N) is 1. The van der Waals surface area contributed by atoms with Gasteiger partial charge in [0.05, 0.1) is 19.9 Å². The Hall–Kier alpha value is -1.82. The maximum Gasteiger partial charge on any atom is 0.184 e. The number of hydrogen-bond acceptors (Lipinski definition) is 4. The van der Waals surface area contributed by atoms with Crippen molar-refractivity contribution in [2.45, 2.75) is 6.92 Å². The molecule has 0 unspecified atom stereocenters.